The van der Waals surface area contributed by atoms with E-state index in [0.29, 0.717) is 10.9 Å². The van der Waals surface area contributed by atoms with Gasteiger partial charge in [0.15, 0.2) is 0 Å². The van der Waals surface area contributed by atoms with Crippen molar-refractivity contribution in [2.75, 3.05) is 5.73 Å². The zero-order chi connectivity index (χ0) is 11.7. The van der Waals surface area contributed by atoms with Crippen LogP contribution in [0, 0.1) is 5.82 Å². The summed E-state index contributed by atoms with van der Waals surface area (Å²) in [5, 5.41) is 0.516. The lowest BCUT2D eigenvalue weighted by Crippen LogP contribution is -2.30. The van der Waals surface area contributed by atoms with Crippen molar-refractivity contribution in [2.24, 2.45) is 5.84 Å². The zero-order valence-electron chi connectivity index (χ0n) is 8.20. The quantitative estimate of drug-likeness (QED) is 0.372. The fourth-order valence-electron chi connectivity index (χ4n) is 1.45. The van der Waals surface area contributed by atoms with E-state index in [0.717, 1.165) is 0 Å². The summed E-state index contributed by atoms with van der Waals surface area (Å²) < 4.78 is 12.9. The summed E-state index contributed by atoms with van der Waals surface area (Å²) in [5.41, 5.74) is 8.52. The number of carbonyl (C=O) groups excluding carboxylic acids is 1. The van der Waals surface area contributed by atoms with Gasteiger partial charge in [0.05, 0.1) is 16.8 Å². The first-order chi connectivity index (χ1) is 7.63. The summed E-state index contributed by atoms with van der Waals surface area (Å²) in [6.07, 6.45) is 1.26. The topological polar surface area (TPSA) is 94.0 Å². The minimum atomic E-state index is -0.531. The van der Waals surface area contributed by atoms with Gasteiger partial charge in [-0.05, 0) is 12.1 Å². The molecule has 0 bridgehead atoms. The molecule has 0 aliphatic rings. The molecule has 0 aliphatic carbocycles. The molecular formula is C10H9FN4O. The van der Waals surface area contributed by atoms with E-state index >= 15 is 0 Å². The second-order valence-electron chi connectivity index (χ2n) is 3.22. The Balaban J connectivity index is 2.70. The van der Waals surface area contributed by atoms with Crippen LogP contribution in [-0.4, -0.2) is 10.9 Å². The van der Waals surface area contributed by atoms with Gasteiger partial charge in [0.25, 0.3) is 5.91 Å². The Hall–Kier alpha value is -2.21. The van der Waals surface area contributed by atoms with Crippen LogP contribution in [0.5, 0.6) is 0 Å². The van der Waals surface area contributed by atoms with E-state index in [9.17, 15) is 9.18 Å². The highest BCUT2D eigenvalue weighted by Crippen LogP contribution is 2.23. The van der Waals surface area contributed by atoms with E-state index < -0.39 is 11.7 Å². The smallest absolute Gasteiger partial charge is 0.268 e. The van der Waals surface area contributed by atoms with Gasteiger partial charge in [-0.3, -0.25) is 15.2 Å². The molecule has 2 rings (SSSR count). The Morgan fingerprint density at radius 2 is 2.19 bits per heavy atom. The van der Waals surface area contributed by atoms with Gasteiger partial charge < -0.3 is 5.73 Å². The number of nitrogens with zero attached hydrogens (tertiary/aromatic N) is 1. The molecule has 0 unspecified atom stereocenters. The molecule has 0 aliphatic heterocycles. The van der Waals surface area contributed by atoms with Crippen LogP contribution in [-0.2, 0) is 0 Å². The molecule has 5 nitrogen and oxygen atoms in total. The molecule has 1 aromatic carbocycles. The van der Waals surface area contributed by atoms with E-state index in [1.165, 1.54) is 24.4 Å². The van der Waals surface area contributed by atoms with Crippen LogP contribution < -0.4 is 17.0 Å². The van der Waals surface area contributed by atoms with E-state index in [2.05, 4.69) is 4.98 Å². The lowest BCUT2D eigenvalue weighted by atomic mass is 10.1. The Morgan fingerprint density at radius 1 is 1.44 bits per heavy atom. The Labute approximate surface area is 90.2 Å². The number of halogens is 1. The van der Waals surface area contributed by atoms with E-state index in [-0.39, 0.29) is 11.3 Å². The fraction of sp³-hybridized carbons (Fsp3) is 0. The first-order valence-corrected chi connectivity index (χ1v) is 4.48. The van der Waals surface area contributed by atoms with E-state index in [1.807, 2.05) is 5.43 Å². The first kappa shape index (κ1) is 10.3. The Morgan fingerprint density at radius 3 is 2.88 bits per heavy atom. The van der Waals surface area contributed by atoms with Crippen molar-refractivity contribution in [3.63, 3.8) is 0 Å². The van der Waals surface area contributed by atoms with Crippen LogP contribution >= 0.6 is 0 Å². The van der Waals surface area contributed by atoms with Gasteiger partial charge >= 0.3 is 0 Å². The largest absolute Gasteiger partial charge is 0.397 e. The summed E-state index contributed by atoms with van der Waals surface area (Å²) in [7, 11) is 0. The highest BCUT2D eigenvalue weighted by molar-refractivity contribution is 6.05. The Kier molecular flexibility index (Phi) is 2.41. The third-order valence-electron chi connectivity index (χ3n) is 2.25. The molecular weight excluding hydrogens is 211 g/mol. The van der Waals surface area contributed by atoms with Crippen molar-refractivity contribution in [1.82, 2.24) is 10.4 Å². The van der Waals surface area contributed by atoms with Gasteiger partial charge in [-0.15, -0.1) is 0 Å². The molecule has 2 aromatic rings. The lowest BCUT2D eigenvalue weighted by molar-refractivity contribution is 0.0954. The molecule has 0 spiro atoms. The molecule has 16 heavy (non-hydrogen) atoms. The van der Waals surface area contributed by atoms with Crippen molar-refractivity contribution >= 4 is 22.5 Å². The third-order valence-corrected chi connectivity index (χ3v) is 2.25. The molecule has 0 radical (unpaired) electrons. The SMILES string of the molecule is NNC(=O)c1cnc2cc(F)ccc2c1N. The fourth-order valence-corrected chi connectivity index (χ4v) is 1.45. The number of amides is 1. The van der Waals surface area contributed by atoms with Crippen molar-refractivity contribution in [1.29, 1.82) is 0 Å². The van der Waals surface area contributed by atoms with Gasteiger partial charge in [-0.1, -0.05) is 0 Å². The second-order valence-corrected chi connectivity index (χ2v) is 3.22. The number of aromatic nitrogens is 1. The normalized spacial score (nSPS) is 10.4. The van der Waals surface area contributed by atoms with Crippen LogP contribution in [0.4, 0.5) is 10.1 Å². The van der Waals surface area contributed by atoms with Gasteiger partial charge in [0.1, 0.15) is 5.82 Å². The molecule has 1 amide bonds. The third kappa shape index (κ3) is 1.55. The maximum absolute atomic E-state index is 12.9. The number of nitrogen functional groups attached to an aromatic ring is 2. The Bertz CT molecular complexity index is 570. The molecule has 0 saturated heterocycles. The van der Waals surface area contributed by atoms with Crippen LogP contribution in [0.25, 0.3) is 10.9 Å². The maximum atomic E-state index is 12.9. The molecule has 0 atom stereocenters. The van der Waals surface area contributed by atoms with Crippen LogP contribution in [0.15, 0.2) is 24.4 Å². The summed E-state index contributed by atoms with van der Waals surface area (Å²) in [5.74, 6) is 4.06. The van der Waals surface area contributed by atoms with Crippen LogP contribution in [0.3, 0.4) is 0 Å². The monoisotopic (exact) mass is 220 g/mol. The van der Waals surface area contributed by atoms with Gasteiger partial charge in [-0.2, -0.15) is 0 Å². The van der Waals surface area contributed by atoms with Crippen molar-refractivity contribution < 1.29 is 9.18 Å². The van der Waals surface area contributed by atoms with Crippen molar-refractivity contribution in [3.8, 4) is 0 Å². The number of rotatable bonds is 1. The minimum Gasteiger partial charge on any atom is -0.397 e. The number of benzene rings is 1. The maximum Gasteiger partial charge on any atom is 0.268 e. The molecule has 6 heteroatoms. The van der Waals surface area contributed by atoms with Crippen molar-refractivity contribution in [3.05, 3.63) is 35.8 Å². The number of nitrogens with one attached hydrogen (secondary N) is 1. The number of nitrogens with two attached hydrogens (primary N) is 2. The first-order valence-electron chi connectivity index (χ1n) is 4.48. The van der Waals surface area contributed by atoms with E-state index in [4.69, 9.17) is 11.6 Å². The summed E-state index contributed by atoms with van der Waals surface area (Å²) >= 11 is 0. The average molecular weight is 220 g/mol. The van der Waals surface area contributed by atoms with Gasteiger partial charge in [0.2, 0.25) is 0 Å². The molecule has 1 aromatic heterocycles. The molecule has 82 valence electrons. The summed E-state index contributed by atoms with van der Waals surface area (Å²) in [6, 6.07) is 3.97. The molecule has 0 fully saturated rings. The minimum absolute atomic E-state index is 0.168. The predicted octanol–water partition coefficient (Wildman–Crippen LogP) is 0.560. The number of pyridine rings is 1. The average Bonchev–Trinajstić information content (AvgIpc) is 2.28. The molecule has 5 N–H and O–H groups in total. The molecule has 0 saturated carbocycles. The summed E-state index contributed by atoms with van der Waals surface area (Å²) in [4.78, 5) is 15.3. The standard InChI is InChI=1S/C10H9FN4O/c11-5-1-2-6-8(3-5)14-4-7(9(6)12)10(16)15-13/h1-4H,13H2,(H2,12,14)(H,15,16). The van der Waals surface area contributed by atoms with Crippen LogP contribution in [0.2, 0.25) is 0 Å². The highest BCUT2D eigenvalue weighted by Gasteiger charge is 2.12. The number of carbonyl (C=O) groups is 1. The lowest BCUT2D eigenvalue weighted by Gasteiger charge is -2.06. The van der Waals surface area contributed by atoms with Gasteiger partial charge in [0, 0.05) is 17.6 Å². The molecule has 1 heterocycles. The number of hydrazine groups is 1. The van der Waals surface area contributed by atoms with E-state index in [1.54, 1.807) is 0 Å². The number of hydrogen-bond acceptors (Lipinski definition) is 4. The van der Waals surface area contributed by atoms with Crippen LogP contribution in [0.1, 0.15) is 10.4 Å². The number of anilines is 1. The number of hydrogen-bond donors (Lipinski definition) is 3. The predicted molar refractivity (Wildman–Crippen MR) is 57.8 cm³/mol. The number of fused-ring (bicyclic) bond motifs is 1. The van der Waals surface area contributed by atoms with Gasteiger partial charge in [-0.25, -0.2) is 10.2 Å². The van der Waals surface area contributed by atoms with Crippen molar-refractivity contribution in [2.45, 2.75) is 0 Å². The summed E-state index contributed by atoms with van der Waals surface area (Å²) in [6.45, 7) is 0. The second kappa shape index (κ2) is 3.74. The highest BCUT2D eigenvalue weighted by atomic mass is 19.1. The zero-order valence-corrected chi connectivity index (χ0v) is 8.20.